The largest absolute Gasteiger partial charge is 0.317 e. The molecular weight excluding hydrogens is 258 g/mol. The Morgan fingerprint density at radius 1 is 1.19 bits per heavy atom. The fourth-order valence-corrected chi connectivity index (χ4v) is 3.98. The first-order chi connectivity index (χ1) is 10.3. The number of hydrogen-bond donors (Lipinski definition) is 1. The normalized spacial score (nSPS) is 25.2. The van der Waals surface area contributed by atoms with Crippen LogP contribution < -0.4 is 10.2 Å². The fourth-order valence-electron chi connectivity index (χ4n) is 3.98. The van der Waals surface area contributed by atoms with Gasteiger partial charge in [-0.15, -0.1) is 0 Å². The Morgan fingerprint density at radius 3 is 2.81 bits per heavy atom. The molecule has 3 heterocycles. The topological polar surface area (TPSA) is 18.5 Å². The second-order valence-electron chi connectivity index (χ2n) is 6.18. The highest BCUT2D eigenvalue weighted by atomic mass is 15.5. The van der Waals surface area contributed by atoms with Crippen molar-refractivity contribution < 1.29 is 0 Å². The Hall–Kier alpha value is -1.74. The van der Waals surface area contributed by atoms with Gasteiger partial charge in [-0.05, 0) is 37.3 Å². The van der Waals surface area contributed by atoms with E-state index in [0.29, 0.717) is 0 Å². The predicted octanol–water partition coefficient (Wildman–Crippen LogP) is 3.86. The lowest BCUT2D eigenvalue weighted by Gasteiger charge is -2.48. The molecule has 1 aromatic carbocycles. The zero-order valence-electron chi connectivity index (χ0n) is 12.8. The molecule has 0 radical (unpaired) electrons. The van der Waals surface area contributed by atoms with Crippen LogP contribution in [0.3, 0.4) is 0 Å². The van der Waals surface area contributed by atoms with E-state index in [1.165, 1.54) is 16.9 Å². The Labute approximate surface area is 126 Å². The SMILES string of the molecule is CCC1(CC)NC2N3C=CCCC3=CN2c2ccccc21. The fraction of sp³-hybridized carbons (Fsp3) is 0.444. The molecule has 3 heteroatoms. The number of hydrogen-bond acceptors (Lipinski definition) is 3. The summed E-state index contributed by atoms with van der Waals surface area (Å²) in [6.45, 7) is 4.58. The average Bonchev–Trinajstić information content (AvgIpc) is 2.92. The molecule has 0 amide bonds. The standard InChI is InChI=1S/C18H23N3/c1-3-18(4-2)15-10-5-6-11-16(15)21-13-14-9-7-8-12-20(14)17(21)19-18/h5-6,8,10-13,17,19H,3-4,7,9H2,1-2H3. The van der Waals surface area contributed by atoms with Crippen LogP contribution in [-0.2, 0) is 5.54 Å². The summed E-state index contributed by atoms with van der Waals surface area (Å²) in [7, 11) is 0. The van der Waals surface area contributed by atoms with E-state index >= 15 is 0 Å². The molecule has 0 bridgehead atoms. The van der Waals surface area contributed by atoms with Crippen molar-refractivity contribution in [2.45, 2.75) is 51.4 Å². The lowest BCUT2D eigenvalue weighted by molar-refractivity contribution is 0.181. The lowest BCUT2D eigenvalue weighted by atomic mass is 9.82. The highest BCUT2D eigenvalue weighted by Crippen LogP contribution is 2.45. The van der Waals surface area contributed by atoms with Crippen LogP contribution in [0.25, 0.3) is 0 Å². The van der Waals surface area contributed by atoms with E-state index < -0.39 is 0 Å². The summed E-state index contributed by atoms with van der Waals surface area (Å²) >= 11 is 0. The molecule has 0 saturated carbocycles. The number of nitrogens with one attached hydrogen (secondary N) is 1. The Bertz CT molecular complexity index is 613. The second kappa shape index (κ2) is 4.63. The van der Waals surface area contributed by atoms with Crippen molar-refractivity contribution >= 4 is 5.69 Å². The summed E-state index contributed by atoms with van der Waals surface area (Å²) in [5.74, 6) is 0. The number of rotatable bonds is 2. The van der Waals surface area contributed by atoms with Crippen LogP contribution in [0.4, 0.5) is 5.69 Å². The van der Waals surface area contributed by atoms with E-state index in [1.807, 2.05) is 0 Å². The molecule has 3 aliphatic rings. The molecule has 21 heavy (non-hydrogen) atoms. The number of para-hydroxylation sites is 1. The quantitative estimate of drug-likeness (QED) is 0.888. The van der Waals surface area contributed by atoms with Crippen molar-refractivity contribution in [3.8, 4) is 0 Å². The Balaban J connectivity index is 1.86. The molecule has 4 rings (SSSR count). The summed E-state index contributed by atoms with van der Waals surface area (Å²) in [6.07, 6.45) is 11.6. The van der Waals surface area contributed by atoms with Crippen molar-refractivity contribution in [1.29, 1.82) is 0 Å². The summed E-state index contributed by atoms with van der Waals surface area (Å²) < 4.78 is 0. The van der Waals surface area contributed by atoms with Crippen molar-refractivity contribution in [2.75, 3.05) is 4.90 Å². The average molecular weight is 281 g/mol. The van der Waals surface area contributed by atoms with Gasteiger partial charge in [0.15, 0.2) is 6.29 Å². The number of nitrogens with zero attached hydrogens (tertiary/aromatic N) is 2. The minimum absolute atomic E-state index is 0.0757. The summed E-state index contributed by atoms with van der Waals surface area (Å²) in [5.41, 5.74) is 4.30. The van der Waals surface area contributed by atoms with Crippen molar-refractivity contribution in [2.24, 2.45) is 0 Å². The molecule has 0 spiro atoms. The summed E-state index contributed by atoms with van der Waals surface area (Å²) in [4.78, 5) is 4.81. The summed E-state index contributed by atoms with van der Waals surface area (Å²) in [6, 6.07) is 8.87. The molecule has 0 aromatic heterocycles. The number of fused-ring (bicyclic) bond motifs is 5. The van der Waals surface area contributed by atoms with Gasteiger partial charge < -0.3 is 9.80 Å². The number of allylic oxidation sites excluding steroid dienone is 2. The number of benzene rings is 1. The first-order valence-corrected chi connectivity index (χ1v) is 8.10. The van der Waals surface area contributed by atoms with E-state index in [1.54, 1.807) is 0 Å². The van der Waals surface area contributed by atoms with Gasteiger partial charge >= 0.3 is 0 Å². The highest BCUT2D eigenvalue weighted by Gasteiger charge is 2.45. The van der Waals surface area contributed by atoms with E-state index in [0.717, 1.165) is 25.7 Å². The Morgan fingerprint density at radius 2 is 2.00 bits per heavy atom. The number of anilines is 1. The van der Waals surface area contributed by atoms with Gasteiger partial charge in [0.1, 0.15) is 0 Å². The molecule has 110 valence electrons. The molecule has 3 aliphatic heterocycles. The highest BCUT2D eigenvalue weighted by molar-refractivity contribution is 5.63. The third-order valence-corrected chi connectivity index (χ3v) is 5.29. The monoisotopic (exact) mass is 281 g/mol. The van der Waals surface area contributed by atoms with E-state index in [4.69, 9.17) is 0 Å². The molecular formula is C18H23N3. The minimum Gasteiger partial charge on any atom is -0.317 e. The summed E-state index contributed by atoms with van der Waals surface area (Å²) in [5, 5.41) is 3.93. The molecule has 1 N–H and O–H groups in total. The van der Waals surface area contributed by atoms with Gasteiger partial charge in [-0.1, -0.05) is 38.1 Å². The molecule has 0 saturated heterocycles. The van der Waals surface area contributed by atoms with Crippen LogP contribution in [0.5, 0.6) is 0 Å². The zero-order chi connectivity index (χ0) is 14.4. The lowest BCUT2D eigenvalue weighted by Crippen LogP contribution is -2.61. The third kappa shape index (κ3) is 1.70. The van der Waals surface area contributed by atoms with Gasteiger partial charge in [0.25, 0.3) is 0 Å². The van der Waals surface area contributed by atoms with Crippen molar-refractivity contribution in [1.82, 2.24) is 10.2 Å². The smallest absolute Gasteiger partial charge is 0.166 e. The maximum absolute atomic E-state index is 3.93. The van der Waals surface area contributed by atoms with E-state index in [9.17, 15) is 0 Å². The molecule has 1 atom stereocenters. The molecule has 1 aromatic rings. The van der Waals surface area contributed by atoms with Gasteiger partial charge in [0.05, 0.1) is 0 Å². The van der Waals surface area contributed by atoms with Gasteiger partial charge in [0.2, 0.25) is 0 Å². The first kappa shape index (κ1) is 13.0. The minimum atomic E-state index is 0.0757. The van der Waals surface area contributed by atoms with Gasteiger partial charge in [-0.3, -0.25) is 5.32 Å². The van der Waals surface area contributed by atoms with Crippen molar-refractivity contribution in [3.63, 3.8) is 0 Å². The van der Waals surface area contributed by atoms with Crippen LogP contribution in [0.2, 0.25) is 0 Å². The molecule has 3 nitrogen and oxygen atoms in total. The van der Waals surface area contributed by atoms with Crippen LogP contribution in [0.1, 0.15) is 45.1 Å². The van der Waals surface area contributed by atoms with Crippen LogP contribution in [-0.4, -0.2) is 11.2 Å². The maximum Gasteiger partial charge on any atom is 0.166 e. The van der Waals surface area contributed by atoms with Gasteiger partial charge in [0, 0.05) is 29.3 Å². The molecule has 0 fully saturated rings. The van der Waals surface area contributed by atoms with E-state index in [2.05, 4.69) is 71.7 Å². The predicted molar refractivity (Wildman–Crippen MR) is 86.4 cm³/mol. The first-order valence-electron chi connectivity index (χ1n) is 8.10. The zero-order valence-corrected chi connectivity index (χ0v) is 12.8. The second-order valence-corrected chi connectivity index (χ2v) is 6.18. The van der Waals surface area contributed by atoms with Gasteiger partial charge in [-0.25, -0.2) is 0 Å². The van der Waals surface area contributed by atoms with E-state index in [-0.39, 0.29) is 11.8 Å². The Kier molecular flexibility index (Phi) is 2.86. The molecule has 0 aliphatic carbocycles. The van der Waals surface area contributed by atoms with Crippen LogP contribution in [0.15, 0.2) is 48.4 Å². The van der Waals surface area contributed by atoms with Crippen LogP contribution >= 0.6 is 0 Å². The van der Waals surface area contributed by atoms with Crippen LogP contribution in [0, 0.1) is 0 Å². The third-order valence-electron chi connectivity index (χ3n) is 5.29. The van der Waals surface area contributed by atoms with Crippen molar-refractivity contribution in [3.05, 3.63) is 54.0 Å². The maximum atomic E-state index is 3.93. The molecule has 1 unspecified atom stereocenters. The van der Waals surface area contributed by atoms with Gasteiger partial charge in [-0.2, -0.15) is 0 Å².